The van der Waals surface area contributed by atoms with Gasteiger partial charge in [0, 0.05) is 54.5 Å². The van der Waals surface area contributed by atoms with Gasteiger partial charge in [0.1, 0.15) is 10.6 Å². The Bertz CT molecular complexity index is 1050. The minimum absolute atomic E-state index is 0.0541. The first-order valence-electron chi connectivity index (χ1n) is 9.15. The molecule has 3 rings (SSSR count). The molecular weight excluding hydrogens is 462 g/mol. The fourth-order valence-corrected chi connectivity index (χ4v) is 5.48. The number of amides is 2. The Morgan fingerprint density at radius 3 is 2.66 bits per heavy atom. The van der Waals surface area contributed by atoms with Crippen LogP contribution in [0.25, 0.3) is 10.9 Å². The molecule has 29 heavy (non-hydrogen) atoms. The van der Waals surface area contributed by atoms with Gasteiger partial charge in [-0.1, -0.05) is 15.9 Å². The molecule has 1 aliphatic heterocycles. The monoisotopic (exact) mass is 485 g/mol. The van der Waals surface area contributed by atoms with Crippen molar-refractivity contribution in [1.29, 1.82) is 0 Å². The van der Waals surface area contributed by atoms with Gasteiger partial charge >= 0.3 is 0 Å². The summed E-state index contributed by atoms with van der Waals surface area (Å²) in [5.74, 6) is -0.934. The summed E-state index contributed by atoms with van der Waals surface area (Å²) in [6.07, 6.45) is 0.0879. The predicted molar refractivity (Wildman–Crippen MR) is 113 cm³/mol. The van der Waals surface area contributed by atoms with E-state index in [4.69, 9.17) is 5.73 Å². The molecule has 0 saturated carbocycles. The number of aromatic nitrogens is 1. The molecule has 2 amide bonds. The molecule has 0 radical (unpaired) electrons. The van der Waals surface area contributed by atoms with Gasteiger partial charge in [-0.15, -0.1) is 0 Å². The fraction of sp³-hybridized carbons (Fsp3) is 0.444. The van der Waals surface area contributed by atoms with Gasteiger partial charge in [-0.2, -0.15) is 4.31 Å². The number of fused-ring (bicyclic) bond motifs is 1. The Morgan fingerprint density at radius 1 is 1.28 bits per heavy atom. The number of carbonyl (C=O) groups excluding carboxylic acids is 2. The van der Waals surface area contributed by atoms with Crippen LogP contribution in [0.1, 0.15) is 16.9 Å². The minimum atomic E-state index is -4.05. The number of hydrogen-bond donors (Lipinski definition) is 2. The van der Waals surface area contributed by atoms with Gasteiger partial charge in [0.15, 0.2) is 0 Å². The first-order chi connectivity index (χ1) is 13.6. The number of rotatable bonds is 6. The topological polar surface area (TPSA) is 120 Å². The van der Waals surface area contributed by atoms with Crippen LogP contribution in [-0.2, 0) is 14.8 Å². The van der Waals surface area contributed by atoms with Crippen molar-refractivity contribution >= 4 is 48.7 Å². The minimum Gasteiger partial charge on any atom is -0.364 e. The molecule has 1 aromatic heterocycles. The van der Waals surface area contributed by atoms with Crippen LogP contribution in [-0.4, -0.2) is 86.1 Å². The van der Waals surface area contributed by atoms with E-state index < -0.39 is 15.9 Å². The number of aromatic amines is 1. The summed E-state index contributed by atoms with van der Waals surface area (Å²) in [4.78, 5) is 30.7. The van der Waals surface area contributed by atoms with E-state index in [0.29, 0.717) is 35.0 Å². The highest BCUT2D eigenvalue weighted by atomic mass is 79.9. The average molecular weight is 486 g/mol. The van der Waals surface area contributed by atoms with Crippen LogP contribution in [0, 0.1) is 0 Å². The molecule has 1 aliphatic rings. The maximum Gasteiger partial charge on any atom is 0.266 e. The van der Waals surface area contributed by atoms with E-state index in [1.165, 1.54) is 4.31 Å². The third-order valence-corrected chi connectivity index (χ3v) is 7.40. The quantitative estimate of drug-likeness (QED) is 0.627. The maximum absolute atomic E-state index is 13.5. The first-order valence-corrected chi connectivity index (χ1v) is 11.4. The molecule has 1 aromatic carbocycles. The van der Waals surface area contributed by atoms with Gasteiger partial charge in [0.05, 0.1) is 0 Å². The van der Waals surface area contributed by atoms with Gasteiger partial charge in [0.2, 0.25) is 15.9 Å². The molecule has 0 bridgehead atoms. The lowest BCUT2D eigenvalue weighted by molar-refractivity contribution is -0.130. The molecule has 2 aromatic rings. The molecule has 11 heteroatoms. The van der Waals surface area contributed by atoms with Gasteiger partial charge < -0.3 is 20.5 Å². The van der Waals surface area contributed by atoms with Gasteiger partial charge in [-0.05, 0) is 32.3 Å². The van der Waals surface area contributed by atoms with Crippen molar-refractivity contribution in [2.45, 2.75) is 11.3 Å². The van der Waals surface area contributed by atoms with Crippen LogP contribution in [0.4, 0.5) is 0 Å². The lowest BCUT2D eigenvalue weighted by Gasteiger charge is -2.23. The first kappa shape index (κ1) is 21.8. The number of nitrogens with one attached hydrogen (secondary N) is 1. The van der Waals surface area contributed by atoms with Crippen molar-refractivity contribution in [2.75, 3.05) is 46.8 Å². The summed E-state index contributed by atoms with van der Waals surface area (Å²) in [5.41, 5.74) is 5.80. The Hall–Kier alpha value is -1.95. The molecular formula is C18H24BrN5O4S. The Balaban J connectivity index is 1.97. The van der Waals surface area contributed by atoms with Crippen molar-refractivity contribution in [1.82, 2.24) is 19.1 Å². The van der Waals surface area contributed by atoms with E-state index in [-0.39, 0.29) is 36.0 Å². The predicted octanol–water partition coefficient (Wildman–Crippen LogP) is 0.814. The number of H-pyrrole nitrogens is 1. The van der Waals surface area contributed by atoms with Crippen LogP contribution in [0.5, 0.6) is 0 Å². The Labute approximate surface area is 178 Å². The highest BCUT2D eigenvalue weighted by Crippen LogP contribution is 2.32. The third-order valence-electron chi connectivity index (χ3n) is 4.92. The number of hydrogen-bond acceptors (Lipinski definition) is 5. The molecule has 1 fully saturated rings. The highest BCUT2D eigenvalue weighted by Gasteiger charge is 2.34. The van der Waals surface area contributed by atoms with Crippen LogP contribution in [0.3, 0.4) is 0 Å². The number of benzene rings is 1. The summed E-state index contributed by atoms with van der Waals surface area (Å²) in [6, 6.07) is 5.06. The molecule has 1 saturated heterocycles. The molecule has 0 aliphatic carbocycles. The molecule has 9 nitrogen and oxygen atoms in total. The number of sulfonamides is 1. The largest absolute Gasteiger partial charge is 0.364 e. The van der Waals surface area contributed by atoms with Crippen LogP contribution in [0.2, 0.25) is 0 Å². The van der Waals surface area contributed by atoms with Crippen LogP contribution >= 0.6 is 15.9 Å². The van der Waals surface area contributed by atoms with Crippen LogP contribution in [0.15, 0.2) is 27.6 Å². The number of nitrogens with zero attached hydrogens (tertiary/aromatic N) is 3. The van der Waals surface area contributed by atoms with E-state index in [1.54, 1.807) is 23.1 Å². The summed E-state index contributed by atoms with van der Waals surface area (Å²) in [7, 11) is -0.216. The number of likely N-dealkylation sites (N-methyl/N-ethyl adjacent to an activating group) is 1. The lowest BCUT2D eigenvalue weighted by atomic mass is 10.2. The number of halogens is 1. The van der Waals surface area contributed by atoms with Crippen LogP contribution < -0.4 is 5.73 Å². The van der Waals surface area contributed by atoms with Crippen molar-refractivity contribution in [3.8, 4) is 0 Å². The average Bonchev–Trinajstić information content (AvgIpc) is 2.92. The molecule has 2 heterocycles. The molecule has 0 atom stereocenters. The lowest BCUT2D eigenvalue weighted by Crippen LogP contribution is -2.39. The Morgan fingerprint density at radius 2 is 2.00 bits per heavy atom. The summed E-state index contributed by atoms with van der Waals surface area (Å²) >= 11 is 3.34. The van der Waals surface area contributed by atoms with E-state index in [9.17, 15) is 18.0 Å². The number of nitrogens with two attached hydrogens (primary N) is 1. The van der Waals surface area contributed by atoms with Crippen molar-refractivity contribution in [3.63, 3.8) is 0 Å². The van der Waals surface area contributed by atoms with E-state index in [1.807, 2.05) is 19.0 Å². The third kappa shape index (κ3) is 4.47. The Kier molecular flexibility index (Phi) is 6.32. The zero-order chi connectivity index (χ0) is 21.3. The van der Waals surface area contributed by atoms with Gasteiger partial charge in [-0.3, -0.25) is 9.59 Å². The second-order valence-electron chi connectivity index (χ2n) is 7.22. The van der Waals surface area contributed by atoms with Gasteiger partial charge in [-0.25, -0.2) is 8.42 Å². The van der Waals surface area contributed by atoms with Crippen molar-refractivity contribution < 1.29 is 18.0 Å². The summed E-state index contributed by atoms with van der Waals surface area (Å²) in [6.45, 7) is 1.73. The SMILES string of the molecule is CN(C)CCN1CCN(S(=O)(=O)c2c(C(N)=O)[nH]c3ccc(Br)cc23)CCC1=O. The smallest absolute Gasteiger partial charge is 0.266 e. The van der Waals surface area contributed by atoms with E-state index >= 15 is 0 Å². The molecule has 0 unspecified atom stereocenters. The summed E-state index contributed by atoms with van der Waals surface area (Å²) < 4.78 is 28.9. The van der Waals surface area contributed by atoms with E-state index in [2.05, 4.69) is 20.9 Å². The maximum atomic E-state index is 13.5. The molecule has 158 valence electrons. The highest BCUT2D eigenvalue weighted by molar-refractivity contribution is 9.10. The van der Waals surface area contributed by atoms with E-state index in [0.717, 1.165) is 0 Å². The zero-order valence-electron chi connectivity index (χ0n) is 16.3. The second-order valence-corrected chi connectivity index (χ2v) is 10.0. The molecule has 3 N–H and O–H groups in total. The number of primary amides is 1. The van der Waals surface area contributed by atoms with Crippen molar-refractivity contribution in [3.05, 3.63) is 28.4 Å². The molecule has 0 spiro atoms. The number of carbonyl (C=O) groups is 2. The van der Waals surface area contributed by atoms with Crippen molar-refractivity contribution in [2.24, 2.45) is 5.73 Å². The zero-order valence-corrected chi connectivity index (χ0v) is 18.7. The van der Waals surface area contributed by atoms with Gasteiger partial charge in [0.25, 0.3) is 5.91 Å². The standard InChI is InChI=1S/C18H24BrN5O4S/c1-22(2)7-8-23-9-10-24(6-5-15(23)25)29(27,28)17-13-11-12(19)3-4-14(13)21-16(17)18(20)26/h3-4,11,21H,5-10H2,1-2H3,(H2,20,26). The fourth-order valence-electron chi connectivity index (χ4n) is 3.35. The normalized spacial score (nSPS) is 16.6. The second kappa shape index (κ2) is 8.42. The summed E-state index contributed by atoms with van der Waals surface area (Å²) in [5, 5.41) is 0.383.